The Hall–Kier alpha value is -2.07. The number of nitrogens with zero attached hydrogens (tertiary/aromatic N) is 1. The predicted molar refractivity (Wildman–Crippen MR) is 76.9 cm³/mol. The summed E-state index contributed by atoms with van der Waals surface area (Å²) in [7, 11) is 1.58. The van der Waals surface area contributed by atoms with Gasteiger partial charge in [0.05, 0.1) is 18.9 Å². The number of aromatic nitrogens is 1. The molecule has 0 aliphatic heterocycles. The third-order valence-electron chi connectivity index (χ3n) is 2.99. The topological polar surface area (TPSA) is 51.6 Å². The van der Waals surface area contributed by atoms with Gasteiger partial charge in [0.15, 0.2) is 11.5 Å². The molecule has 1 heterocycles. The Morgan fingerprint density at radius 2 is 2.00 bits per heavy atom. The van der Waals surface area contributed by atoms with Crippen LogP contribution in [0.2, 0.25) is 0 Å². The van der Waals surface area contributed by atoms with Gasteiger partial charge in [-0.2, -0.15) is 0 Å². The molecule has 4 nitrogen and oxygen atoms in total. The summed E-state index contributed by atoms with van der Waals surface area (Å²) in [6, 6.07) is 11.2. The van der Waals surface area contributed by atoms with Crippen LogP contribution in [0.25, 0.3) is 0 Å². The molecule has 1 N–H and O–H groups in total. The fraction of sp³-hybridized carbons (Fsp3) is 0.312. The summed E-state index contributed by atoms with van der Waals surface area (Å²) in [4.78, 5) is 4.38. The van der Waals surface area contributed by atoms with Crippen molar-refractivity contribution >= 4 is 0 Å². The third-order valence-corrected chi connectivity index (χ3v) is 2.99. The van der Waals surface area contributed by atoms with Crippen molar-refractivity contribution in [3.8, 4) is 11.5 Å². The monoisotopic (exact) mass is 273 g/mol. The van der Waals surface area contributed by atoms with Gasteiger partial charge in [-0.3, -0.25) is 4.98 Å². The standard InChI is InChI=1S/C16H19NO3/c1-11-5-4-6-14(17-11)10-20-15-8-7-13(12(2)18)9-16(15)19-3/h4-9,12,18H,10H2,1-3H3/t12-/m0/s1. The average molecular weight is 273 g/mol. The summed E-state index contributed by atoms with van der Waals surface area (Å²) in [5.74, 6) is 1.25. The molecule has 0 radical (unpaired) electrons. The van der Waals surface area contributed by atoms with E-state index in [1.807, 2.05) is 31.2 Å². The first kappa shape index (κ1) is 14.3. The fourth-order valence-electron chi connectivity index (χ4n) is 1.89. The number of aliphatic hydroxyl groups is 1. The molecule has 106 valence electrons. The zero-order valence-electron chi connectivity index (χ0n) is 12.0. The van der Waals surface area contributed by atoms with Gasteiger partial charge in [-0.1, -0.05) is 12.1 Å². The van der Waals surface area contributed by atoms with E-state index in [9.17, 15) is 5.11 Å². The number of ether oxygens (including phenoxy) is 2. The van der Waals surface area contributed by atoms with E-state index >= 15 is 0 Å². The highest BCUT2D eigenvalue weighted by Crippen LogP contribution is 2.30. The maximum atomic E-state index is 9.57. The number of aryl methyl sites for hydroxylation is 1. The summed E-state index contributed by atoms with van der Waals surface area (Å²) < 4.78 is 11.0. The van der Waals surface area contributed by atoms with E-state index < -0.39 is 6.10 Å². The van der Waals surface area contributed by atoms with Crippen LogP contribution < -0.4 is 9.47 Å². The first-order chi connectivity index (χ1) is 9.60. The number of aliphatic hydroxyl groups excluding tert-OH is 1. The van der Waals surface area contributed by atoms with Gasteiger partial charge < -0.3 is 14.6 Å². The second-order valence-electron chi connectivity index (χ2n) is 4.65. The molecule has 0 fully saturated rings. The lowest BCUT2D eigenvalue weighted by Crippen LogP contribution is -2.01. The van der Waals surface area contributed by atoms with Gasteiger partial charge >= 0.3 is 0 Å². The SMILES string of the molecule is COc1cc([C@H](C)O)ccc1OCc1cccc(C)n1. The van der Waals surface area contributed by atoms with Crippen molar-refractivity contribution in [2.45, 2.75) is 26.6 Å². The normalized spacial score (nSPS) is 12.0. The smallest absolute Gasteiger partial charge is 0.161 e. The Labute approximate surface area is 119 Å². The molecule has 0 aliphatic rings. The third kappa shape index (κ3) is 3.48. The Bertz CT molecular complexity index is 582. The van der Waals surface area contributed by atoms with E-state index in [1.54, 1.807) is 26.2 Å². The minimum atomic E-state index is -0.531. The zero-order chi connectivity index (χ0) is 14.5. The van der Waals surface area contributed by atoms with Crippen molar-refractivity contribution in [3.63, 3.8) is 0 Å². The second-order valence-corrected chi connectivity index (χ2v) is 4.65. The van der Waals surface area contributed by atoms with Crippen LogP contribution >= 0.6 is 0 Å². The maximum Gasteiger partial charge on any atom is 0.161 e. The molecular formula is C16H19NO3. The highest BCUT2D eigenvalue weighted by molar-refractivity contribution is 5.43. The van der Waals surface area contributed by atoms with Crippen molar-refractivity contribution in [2.75, 3.05) is 7.11 Å². The van der Waals surface area contributed by atoms with Crippen LogP contribution in [0.5, 0.6) is 11.5 Å². The lowest BCUT2D eigenvalue weighted by molar-refractivity contribution is 0.198. The molecular weight excluding hydrogens is 254 g/mol. The minimum absolute atomic E-state index is 0.381. The Balaban J connectivity index is 2.13. The number of methoxy groups -OCH3 is 1. The molecule has 2 rings (SSSR count). The molecule has 20 heavy (non-hydrogen) atoms. The molecule has 0 spiro atoms. The highest BCUT2D eigenvalue weighted by atomic mass is 16.5. The van der Waals surface area contributed by atoms with Crippen LogP contribution in [-0.2, 0) is 6.61 Å². The lowest BCUT2D eigenvalue weighted by Gasteiger charge is -2.13. The molecule has 0 bridgehead atoms. The first-order valence-electron chi connectivity index (χ1n) is 6.51. The molecule has 0 amide bonds. The van der Waals surface area contributed by atoms with E-state index in [-0.39, 0.29) is 0 Å². The summed E-state index contributed by atoms with van der Waals surface area (Å²) in [5.41, 5.74) is 2.62. The van der Waals surface area contributed by atoms with Crippen LogP contribution in [0.15, 0.2) is 36.4 Å². The summed E-state index contributed by atoms with van der Waals surface area (Å²) in [6.45, 7) is 4.04. The number of hydrogen-bond donors (Lipinski definition) is 1. The number of hydrogen-bond acceptors (Lipinski definition) is 4. The van der Waals surface area contributed by atoms with Gasteiger partial charge in [-0.05, 0) is 43.7 Å². The summed E-state index contributed by atoms with van der Waals surface area (Å²) in [6.07, 6.45) is -0.531. The van der Waals surface area contributed by atoms with Crippen molar-refractivity contribution in [1.29, 1.82) is 0 Å². The number of rotatable bonds is 5. The van der Waals surface area contributed by atoms with Crippen LogP contribution in [0.4, 0.5) is 0 Å². The van der Waals surface area contributed by atoms with Gasteiger partial charge in [0, 0.05) is 5.69 Å². The lowest BCUT2D eigenvalue weighted by atomic mass is 10.1. The molecule has 0 saturated carbocycles. The van der Waals surface area contributed by atoms with Gasteiger partial charge in [0.1, 0.15) is 6.61 Å². The van der Waals surface area contributed by atoms with Gasteiger partial charge in [-0.25, -0.2) is 0 Å². The van der Waals surface area contributed by atoms with Crippen molar-refractivity contribution in [2.24, 2.45) is 0 Å². The van der Waals surface area contributed by atoms with Crippen molar-refractivity contribution in [3.05, 3.63) is 53.3 Å². The van der Waals surface area contributed by atoms with Crippen LogP contribution in [0.3, 0.4) is 0 Å². The second kappa shape index (κ2) is 6.39. The van der Waals surface area contributed by atoms with Crippen LogP contribution in [0.1, 0.15) is 30.0 Å². The molecule has 0 aliphatic carbocycles. The van der Waals surface area contributed by atoms with E-state index in [2.05, 4.69) is 4.98 Å². The van der Waals surface area contributed by atoms with E-state index in [1.165, 1.54) is 0 Å². The molecule has 1 atom stereocenters. The fourth-order valence-corrected chi connectivity index (χ4v) is 1.89. The van der Waals surface area contributed by atoms with Crippen molar-refractivity contribution < 1.29 is 14.6 Å². The van der Waals surface area contributed by atoms with Crippen molar-refractivity contribution in [1.82, 2.24) is 4.98 Å². The average Bonchev–Trinajstić information content (AvgIpc) is 2.45. The Kier molecular flexibility index (Phi) is 4.58. The molecule has 1 aromatic carbocycles. The van der Waals surface area contributed by atoms with Gasteiger partial charge in [0.2, 0.25) is 0 Å². The van der Waals surface area contributed by atoms with Crippen LogP contribution in [-0.4, -0.2) is 17.2 Å². The Morgan fingerprint density at radius 1 is 1.20 bits per heavy atom. The van der Waals surface area contributed by atoms with E-state index in [0.717, 1.165) is 17.0 Å². The molecule has 0 saturated heterocycles. The minimum Gasteiger partial charge on any atom is -0.493 e. The molecule has 1 aromatic heterocycles. The van der Waals surface area contributed by atoms with Crippen LogP contribution in [0, 0.1) is 6.92 Å². The van der Waals surface area contributed by atoms with Gasteiger partial charge in [-0.15, -0.1) is 0 Å². The van der Waals surface area contributed by atoms with E-state index in [0.29, 0.717) is 18.1 Å². The zero-order valence-corrected chi connectivity index (χ0v) is 12.0. The van der Waals surface area contributed by atoms with E-state index in [4.69, 9.17) is 9.47 Å². The summed E-state index contributed by atoms with van der Waals surface area (Å²) in [5, 5.41) is 9.57. The summed E-state index contributed by atoms with van der Waals surface area (Å²) >= 11 is 0. The largest absolute Gasteiger partial charge is 0.493 e. The Morgan fingerprint density at radius 3 is 2.65 bits per heavy atom. The van der Waals surface area contributed by atoms with Gasteiger partial charge in [0.25, 0.3) is 0 Å². The number of pyridine rings is 1. The molecule has 2 aromatic rings. The molecule has 4 heteroatoms. The predicted octanol–water partition coefficient (Wildman–Crippen LogP) is 3.03. The maximum absolute atomic E-state index is 9.57. The molecule has 0 unspecified atom stereocenters. The first-order valence-corrected chi connectivity index (χ1v) is 6.51. The highest BCUT2D eigenvalue weighted by Gasteiger charge is 2.09. The number of benzene rings is 1. The quantitative estimate of drug-likeness (QED) is 0.909.